The van der Waals surface area contributed by atoms with E-state index in [4.69, 9.17) is 18.9 Å². The van der Waals surface area contributed by atoms with Crippen molar-refractivity contribution < 1.29 is 33.6 Å². The lowest BCUT2D eigenvalue weighted by atomic mass is 9.94. The SMILES string of the molecule is CC.COC(=O)CC1COc2cc(OCc3cccc(-c4c(C)cc(O)cc4COC(C)=O)c3)ccc21. The van der Waals surface area contributed by atoms with Gasteiger partial charge in [-0.1, -0.05) is 38.1 Å². The van der Waals surface area contributed by atoms with Gasteiger partial charge in [-0.05, 0) is 53.4 Å². The molecule has 1 N–H and O–H groups in total. The minimum absolute atomic E-state index is 0.0158. The van der Waals surface area contributed by atoms with Crippen LogP contribution in [0.3, 0.4) is 0 Å². The number of hydrogen-bond donors (Lipinski definition) is 1. The molecule has 0 aliphatic carbocycles. The molecule has 1 aliphatic heterocycles. The number of carbonyl (C=O) groups is 2. The first-order valence-electron chi connectivity index (χ1n) is 12.4. The first-order valence-corrected chi connectivity index (χ1v) is 12.4. The fraction of sp³-hybridized carbons (Fsp3) is 0.333. The Morgan fingerprint density at radius 3 is 2.57 bits per heavy atom. The second-order valence-electron chi connectivity index (χ2n) is 8.55. The molecule has 4 rings (SSSR count). The van der Waals surface area contributed by atoms with Gasteiger partial charge in [0.25, 0.3) is 0 Å². The van der Waals surface area contributed by atoms with Crippen LogP contribution in [0.5, 0.6) is 17.2 Å². The number of hydrogen-bond acceptors (Lipinski definition) is 7. The molecule has 3 aromatic rings. The van der Waals surface area contributed by atoms with Crippen molar-refractivity contribution in [2.75, 3.05) is 13.7 Å². The summed E-state index contributed by atoms with van der Waals surface area (Å²) >= 11 is 0. The molecule has 7 heteroatoms. The second kappa shape index (κ2) is 12.8. The lowest BCUT2D eigenvalue weighted by molar-refractivity contribution is -0.142. The maximum absolute atomic E-state index is 11.6. The van der Waals surface area contributed by atoms with Gasteiger partial charge in [0.1, 0.15) is 30.5 Å². The third-order valence-corrected chi connectivity index (χ3v) is 5.96. The average molecular weight is 507 g/mol. The summed E-state index contributed by atoms with van der Waals surface area (Å²) in [5, 5.41) is 10.0. The van der Waals surface area contributed by atoms with E-state index in [0.29, 0.717) is 19.0 Å². The number of benzene rings is 3. The Morgan fingerprint density at radius 2 is 1.84 bits per heavy atom. The number of esters is 2. The lowest BCUT2D eigenvalue weighted by Gasteiger charge is -2.15. The number of fused-ring (bicyclic) bond motifs is 1. The Morgan fingerprint density at radius 1 is 1.05 bits per heavy atom. The molecule has 1 atom stereocenters. The lowest BCUT2D eigenvalue weighted by Crippen LogP contribution is -2.09. The van der Waals surface area contributed by atoms with E-state index in [1.165, 1.54) is 14.0 Å². The largest absolute Gasteiger partial charge is 0.508 e. The summed E-state index contributed by atoms with van der Waals surface area (Å²) < 4.78 is 21.7. The minimum Gasteiger partial charge on any atom is -0.508 e. The Balaban J connectivity index is 0.00000186. The zero-order valence-corrected chi connectivity index (χ0v) is 22.0. The van der Waals surface area contributed by atoms with Gasteiger partial charge in [0, 0.05) is 30.0 Å². The molecule has 196 valence electrons. The van der Waals surface area contributed by atoms with Gasteiger partial charge in [-0.2, -0.15) is 0 Å². The molecule has 0 amide bonds. The number of methoxy groups -OCH3 is 1. The molecule has 1 aliphatic rings. The zero-order valence-electron chi connectivity index (χ0n) is 22.0. The zero-order chi connectivity index (χ0) is 26.9. The van der Waals surface area contributed by atoms with E-state index in [1.54, 1.807) is 12.1 Å². The highest BCUT2D eigenvalue weighted by atomic mass is 16.5. The number of phenolic OH excluding ortho intramolecular Hbond substituents is 1. The molecule has 1 unspecified atom stereocenters. The van der Waals surface area contributed by atoms with E-state index in [-0.39, 0.29) is 36.6 Å². The number of ether oxygens (including phenoxy) is 4. The fourth-order valence-electron chi connectivity index (χ4n) is 4.33. The summed E-state index contributed by atoms with van der Waals surface area (Å²) in [6.45, 7) is 8.13. The Bertz CT molecular complexity index is 1250. The molecule has 0 saturated carbocycles. The predicted octanol–water partition coefficient (Wildman–Crippen LogP) is 6.08. The highest BCUT2D eigenvalue weighted by Crippen LogP contribution is 2.39. The summed E-state index contributed by atoms with van der Waals surface area (Å²) in [7, 11) is 1.38. The van der Waals surface area contributed by atoms with Crippen molar-refractivity contribution in [3.63, 3.8) is 0 Å². The number of rotatable bonds is 8. The standard InChI is InChI=1S/C28H28O7.C2H6/c1-17-9-23(30)11-22(16-33-18(2)29)28(17)20-6-4-5-19(10-20)14-34-24-7-8-25-21(12-27(31)32-3)15-35-26(25)13-24;1-2/h4-11,13,21,30H,12,14-16H2,1-3H3;1-2H3. The number of aryl methyl sites for hydroxylation is 1. The van der Waals surface area contributed by atoms with E-state index in [9.17, 15) is 14.7 Å². The molecule has 1 heterocycles. The number of phenols is 1. The normalized spacial score (nSPS) is 13.5. The van der Waals surface area contributed by atoms with Gasteiger partial charge in [-0.25, -0.2) is 0 Å². The van der Waals surface area contributed by atoms with Crippen LogP contribution in [0, 0.1) is 6.92 Å². The van der Waals surface area contributed by atoms with Crippen LogP contribution in [-0.2, 0) is 32.3 Å². The van der Waals surface area contributed by atoms with Gasteiger partial charge >= 0.3 is 11.9 Å². The quantitative estimate of drug-likeness (QED) is 0.371. The van der Waals surface area contributed by atoms with Crippen molar-refractivity contribution in [1.82, 2.24) is 0 Å². The summed E-state index contributed by atoms with van der Waals surface area (Å²) in [4.78, 5) is 22.9. The van der Waals surface area contributed by atoms with Gasteiger partial charge in [0.05, 0.1) is 20.1 Å². The van der Waals surface area contributed by atoms with Gasteiger partial charge in [0.15, 0.2) is 0 Å². The highest BCUT2D eigenvalue weighted by Gasteiger charge is 2.27. The molecule has 7 nitrogen and oxygen atoms in total. The molecule has 0 saturated heterocycles. The Labute approximate surface area is 217 Å². The van der Waals surface area contributed by atoms with Crippen LogP contribution in [0.2, 0.25) is 0 Å². The molecule has 37 heavy (non-hydrogen) atoms. The van der Waals surface area contributed by atoms with Crippen LogP contribution in [0.4, 0.5) is 0 Å². The topological polar surface area (TPSA) is 91.3 Å². The predicted molar refractivity (Wildman–Crippen MR) is 141 cm³/mol. The summed E-state index contributed by atoms with van der Waals surface area (Å²) in [5.41, 5.74) is 5.39. The van der Waals surface area contributed by atoms with Crippen molar-refractivity contribution >= 4 is 11.9 Å². The minimum atomic E-state index is -0.381. The smallest absolute Gasteiger partial charge is 0.306 e. The van der Waals surface area contributed by atoms with Crippen LogP contribution in [0.15, 0.2) is 54.6 Å². The maximum Gasteiger partial charge on any atom is 0.306 e. The molecule has 0 radical (unpaired) electrons. The van der Waals surface area contributed by atoms with Gasteiger partial charge in [0.2, 0.25) is 0 Å². The van der Waals surface area contributed by atoms with Crippen molar-refractivity contribution in [1.29, 1.82) is 0 Å². The van der Waals surface area contributed by atoms with Crippen molar-refractivity contribution in [3.8, 4) is 28.4 Å². The van der Waals surface area contributed by atoms with Crippen LogP contribution >= 0.6 is 0 Å². The van der Waals surface area contributed by atoms with E-state index < -0.39 is 0 Å². The fourth-order valence-corrected chi connectivity index (χ4v) is 4.33. The van der Waals surface area contributed by atoms with E-state index >= 15 is 0 Å². The Kier molecular flexibility index (Phi) is 9.55. The second-order valence-corrected chi connectivity index (χ2v) is 8.55. The molecule has 0 spiro atoms. The molecule has 3 aromatic carbocycles. The summed E-state index contributed by atoms with van der Waals surface area (Å²) in [6.07, 6.45) is 0.284. The first-order chi connectivity index (χ1) is 17.8. The number of carbonyl (C=O) groups excluding carboxylic acids is 2. The van der Waals surface area contributed by atoms with Crippen LogP contribution < -0.4 is 9.47 Å². The van der Waals surface area contributed by atoms with Crippen molar-refractivity contribution in [3.05, 3.63) is 76.9 Å². The van der Waals surface area contributed by atoms with Crippen LogP contribution in [0.1, 0.15) is 55.4 Å². The highest BCUT2D eigenvalue weighted by molar-refractivity contribution is 5.73. The van der Waals surface area contributed by atoms with E-state index in [2.05, 4.69) is 0 Å². The van der Waals surface area contributed by atoms with Crippen molar-refractivity contribution in [2.24, 2.45) is 0 Å². The van der Waals surface area contributed by atoms with Crippen LogP contribution in [-0.4, -0.2) is 30.8 Å². The third-order valence-electron chi connectivity index (χ3n) is 5.96. The Hall–Kier alpha value is -4.00. The summed E-state index contributed by atoms with van der Waals surface area (Å²) in [6, 6.07) is 16.9. The molecular formula is C30H34O7. The molecule has 0 bridgehead atoms. The van der Waals surface area contributed by atoms with Gasteiger partial charge in [-0.3, -0.25) is 9.59 Å². The summed E-state index contributed by atoms with van der Waals surface area (Å²) in [5.74, 6) is 0.864. The third kappa shape index (κ3) is 7.03. The van der Waals surface area contributed by atoms with Crippen molar-refractivity contribution in [2.45, 2.75) is 53.2 Å². The average Bonchev–Trinajstić information content (AvgIpc) is 3.28. The molecule has 0 aromatic heterocycles. The maximum atomic E-state index is 11.6. The number of aromatic hydroxyl groups is 1. The molecular weight excluding hydrogens is 472 g/mol. The van der Waals surface area contributed by atoms with E-state index in [0.717, 1.165) is 39.1 Å². The monoisotopic (exact) mass is 506 g/mol. The van der Waals surface area contributed by atoms with Gasteiger partial charge in [-0.15, -0.1) is 0 Å². The first kappa shape index (κ1) is 27.6. The molecule has 0 fully saturated rings. The van der Waals surface area contributed by atoms with Crippen LogP contribution in [0.25, 0.3) is 11.1 Å². The van der Waals surface area contributed by atoms with E-state index in [1.807, 2.05) is 63.2 Å². The van der Waals surface area contributed by atoms with Gasteiger partial charge < -0.3 is 24.1 Å².